The second-order valence-electron chi connectivity index (χ2n) is 6.26. The Hall–Kier alpha value is -0.843. The van der Waals surface area contributed by atoms with E-state index in [9.17, 15) is 0 Å². The number of hydrogen-bond donors (Lipinski definition) is 0. The van der Waals surface area contributed by atoms with E-state index in [4.69, 9.17) is 13.9 Å². The zero-order chi connectivity index (χ0) is 14.5. The van der Waals surface area contributed by atoms with Crippen molar-refractivity contribution in [2.45, 2.75) is 45.5 Å². The molecule has 3 nitrogen and oxygen atoms in total. The van der Waals surface area contributed by atoms with Crippen LogP contribution in [0.5, 0.6) is 5.75 Å². The zero-order valence-electron chi connectivity index (χ0n) is 12.9. The second-order valence-corrected chi connectivity index (χ2v) is 11.0. The smallest absolute Gasteiger partial charge is 0.250 e. The Morgan fingerprint density at radius 2 is 1.84 bits per heavy atom. The fourth-order valence-corrected chi connectivity index (χ4v) is 2.41. The Labute approximate surface area is 118 Å². The van der Waals surface area contributed by atoms with Crippen LogP contribution in [0.1, 0.15) is 26.3 Å². The van der Waals surface area contributed by atoms with Gasteiger partial charge in [0.1, 0.15) is 12.5 Å². The molecule has 0 radical (unpaired) electrons. The molecule has 1 rings (SSSR count). The van der Waals surface area contributed by atoms with Gasteiger partial charge in [0, 0.05) is 7.11 Å². The standard InChI is InChI=1S/C15H26O3Si/c1-15(2,3)19(5,6)18-14-9-7-8-13(10-14)11-17-12-16-4/h7-10H,11-12H2,1-6H3. The van der Waals surface area contributed by atoms with Crippen LogP contribution in [0.3, 0.4) is 0 Å². The molecule has 0 bridgehead atoms. The predicted octanol–water partition coefficient (Wildman–Crippen LogP) is 4.19. The molecule has 0 aliphatic heterocycles. The van der Waals surface area contributed by atoms with Gasteiger partial charge in [0.15, 0.2) is 0 Å². The first-order valence-corrected chi connectivity index (χ1v) is 9.52. The van der Waals surface area contributed by atoms with Gasteiger partial charge in [-0.1, -0.05) is 32.9 Å². The lowest BCUT2D eigenvalue weighted by molar-refractivity contribution is -0.0390. The quantitative estimate of drug-likeness (QED) is 0.445. The van der Waals surface area contributed by atoms with Gasteiger partial charge >= 0.3 is 0 Å². The first-order valence-electron chi connectivity index (χ1n) is 6.61. The number of hydrogen-bond acceptors (Lipinski definition) is 3. The first-order chi connectivity index (χ1) is 8.76. The fourth-order valence-electron chi connectivity index (χ4n) is 1.39. The van der Waals surface area contributed by atoms with E-state index in [1.54, 1.807) is 7.11 Å². The summed E-state index contributed by atoms with van der Waals surface area (Å²) in [5, 5.41) is 0.204. The maximum absolute atomic E-state index is 6.27. The van der Waals surface area contributed by atoms with Crippen LogP contribution in [0, 0.1) is 0 Å². The Balaban J connectivity index is 2.72. The number of benzene rings is 1. The van der Waals surface area contributed by atoms with Crippen LogP contribution >= 0.6 is 0 Å². The van der Waals surface area contributed by atoms with E-state index in [1.165, 1.54) is 0 Å². The monoisotopic (exact) mass is 282 g/mol. The number of rotatable bonds is 6. The highest BCUT2D eigenvalue weighted by molar-refractivity contribution is 6.74. The largest absolute Gasteiger partial charge is 0.543 e. The minimum absolute atomic E-state index is 0.204. The van der Waals surface area contributed by atoms with E-state index in [0.717, 1.165) is 11.3 Å². The average Bonchev–Trinajstić information content (AvgIpc) is 2.27. The van der Waals surface area contributed by atoms with Crippen molar-refractivity contribution in [2.75, 3.05) is 13.9 Å². The van der Waals surface area contributed by atoms with Gasteiger partial charge in [-0.2, -0.15) is 0 Å². The number of methoxy groups -OCH3 is 1. The lowest BCUT2D eigenvalue weighted by Crippen LogP contribution is -2.43. The van der Waals surface area contributed by atoms with Gasteiger partial charge in [0.05, 0.1) is 6.61 Å². The molecule has 0 heterocycles. The zero-order valence-corrected chi connectivity index (χ0v) is 13.9. The molecule has 0 unspecified atom stereocenters. The molecule has 1 aromatic carbocycles. The third-order valence-corrected chi connectivity index (χ3v) is 7.91. The van der Waals surface area contributed by atoms with E-state index in [0.29, 0.717) is 13.4 Å². The van der Waals surface area contributed by atoms with Crippen LogP contribution in [0.25, 0.3) is 0 Å². The van der Waals surface area contributed by atoms with Crippen molar-refractivity contribution < 1.29 is 13.9 Å². The first kappa shape index (κ1) is 16.2. The summed E-state index contributed by atoms with van der Waals surface area (Å²) in [5.74, 6) is 0.935. The minimum atomic E-state index is -1.77. The fraction of sp³-hybridized carbons (Fsp3) is 0.600. The van der Waals surface area contributed by atoms with Gasteiger partial charge in [0.25, 0.3) is 0 Å². The molecule has 0 aromatic heterocycles. The van der Waals surface area contributed by atoms with Crippen LogP contribution in [0.2, 0.25) is 18.1 Å². The van der Waals surface area contributed by atoms with Crippen LogP contribution in [0.4, 0.5) is 0 Å². The highest BCUT2D eigenvalue weighted by Gasteiger charge is 2.38. The number of ether oxygens (including phenoxy) is 2. The molecule has 19 heavy (non-hydrogen) atoms. The highest BCUT2D eigenvalue weighted by atomic mass is 28.4. The summed E-state index contributed by atoms with van der Waals surface area (Å²) in [6.07, 6.45) is 0. The van der Waals surface area contributed by atoms with Crippen molar-refractivity contribution in [3.63, 3.8) is 0 Å². The van der Waals surface area contributed by atoms with Crippen LogP contribution in [0.15, 0.2) is 24.3 Å². The Bertz CT molecular complexity index is 397. The molecule has 1 aromatic rings. The topological polar surface area (TPSA) is 27.7 Å². The normalized spacial score (nSPS) is 12.5. The highest BCUT2D eigenvalue weighted by Crippen LogP contribution is 2.37. The predicted molar refractivity (Wildman–Crippen MR) is 80.9 cm³/mol. The lowest BCUT2D eigenvalue weighted by atomic mass is 10.2. The van der Waals surface area contributed by atoms with E-state index >= 15 is 0 Å². The van der Waals surface area contributed by atoms with E-state index < -0.39 is 8.32 Å². The molecule has 4 heteroatoms. The van der Waals surface area contributed by atoms with Gasteiger partial charge in [0.2, 0.25) is 8.32 Å². The van der Waals surface area contributed by atoms with E-state index in [-0.39, 0.29) is 5.04 Å². The van der Waals surface area contributed by atoms with Gasteiger partial charge in [-0.05, 0) is 35.8 Å². The van der Waals surface area contributed by atoms with Crippen LogP contribution in [-0.4, -0.2) is 22.2 Å². The maximum Gasteiger partial charge on any atom is 0.250 e. The van der Waals surface area contributed by atoms with Crippen molar-refractivity contribution in [1.82, 2.24) is 0 Å². The molecule has 0 aliphatic rings. The molecule has 0 fully saturated rings. The molecule has 0 amide bonds. The van der Waals surface area contributed by atoms with Crippen molar-refractivity contribution in [3.05, 3.63) is 29.8 Å². The molecule has 0 saturated carbocycles. The van der Waals surface area contributed by atoms with E-state index in [2.05, 4.69) is 39.9 Å². The summed E-state index contributed by atoms with van der Waals surface area (Å²) >= 11 is 0. The Morgan fingerprint density at radius 1 is 1.16 bits per heavy atom. The SMILES string of the molecule is COCOCc1cccc(O[Si](C)(C)C(C)(C)C)c1. The molecular weight excluding hydrogens is 256 g/mol. The molecule has 0 saturated heterocycles. The molecule has 0 spiro atoms. The third-order valence-electron chi connectivity index (χ3n) is 3.55. The van der Waals surface area contributed by atoms with Crippen molar-refractivity contribution in [3.8, 4) is 5.75 Å². The van der Waals surface area contributed by atoms with Gasteiger partial charge in [-0.15, -0.1) is 0 Å². The summed E-state index contributed by atoms with van der Waals surface area (Å²) in [6, 6.07) is 8.11. The summed E-state index contributed by atoms with van der Waals surface area (Å²) in [6.45, 7) is 12.1. The van der Waals surface area contributed by atoms with Crippen LogP contribution in [-0.2, 0) is 16.1 Å². The second kappa shape index (κ2) is 6.55. The Kier molecular flexibility index (Phi) is 5.59. The Morgan fingerprint density at radius 3 is 2.42 bits per heavy atom. The summed E-state index contributed by atoms with van der Waals surface area (Å²) in [4.78, 5) is 0. The third kappa shape index (κ3) is 4.97. The molecule has 108 valence electrons. The van der Waals surface area contributed by atoms with E-state index in [1.807, 2.05) is 18.2 Å². The lowest BCUT2D eigenvalue weighted by Gasteiger charge is -2.36. The van der Waals surface area contributed by atoms with Gasteiger partial charge < -0.3 is 13.9 Å². The van der Waals surface area contributed by atoms with Crippen LogP contribution < -0.4 is 4.43 Å². The average molecular weight is 282 g/mol. The summed E-state index contributed by atoms with van der Waals surface area (Å²) in [5.41, 5.74) is 1.10. The van der Waals surface area contributed by atoms with Crippen molar-refractivity contribution in [2.24, 2.45) is 0 Å². The van der Waals surface area contributed by atoms with Crippen molar-refractivity contribution in [1.29, 1.82) is 0 Å². The minimum Gasteiger partial charge on any atom is -0.543 e. The maximum atomic E-state index is 6.27. The summed E-state index contributed by atoms with van der Waals surface area (Å²) < 4.78 is 16.5. The van der Waals surface area contributed by atoms with Gasteiger partial charge in [-0.25, -0.2) is 0 Å². The van der Waals surface area contributed by atoms with Crippen molar-refractivity contribution >= 4 is 8.32 Å². The van der Waals surface area contributed by atoms with Gasteiger partial charge in [-0.3, -0.25) is 0 Å². The molecule has 0 atom stereocenters. The molecule has 0 N–H and O–H groups in total. The summed E-state index contributed by atoms with van der Waals surface area (Å²) in [7, 11) is -0.150. The molecule has 0 aliphatic carbocycles. The molecular formula is C15H26O3Si.